The van der Waals surface area contributed by atoms with Gasteiger partial charge in [0.1, 0.15) is 0 Å². The van der Waals surface area contributed by atoms with Gasteiger partial charge in [-0.3, -0.25) is 9.59 Å². The van der Waals surface area contributed by atoms with Crippen molar-refractivity contribution in [2.24, 2.45) is 0 Å². The van der Waals surface area contributed by atoms with Crippen LogP contribution in [0.3, 0.4) is 0 Å². The quantitative estimate of drug-likeness (QED) is 0.534. The molecule has 31 heavy (non-hydrogen) atoms. The molecular weight excluding hydrogens is 419 g/mol. The Morgan fingerprint density at radius 1 is 0.806 bits per heavy atom. The molecule has 10 heteroatoms. The van der Waals surface area contributed by atoms with Crippen LogP contribution in [0.25, 0.3) is 11.1 Å². The van der Waals surface area contributed by atoms with Gasteiger partial charge in [-0.1, -0.05) is 0 Å². The highest BCUT2D eigenvalue weighted by Gasteiger charge is 2.43. The molecule has 1 amide bonds. The van der Waals surface area contributed by atoms with E-state index in [4.69, 9.17) is 18.9 Å². The second-order valence-corrected chi connectivity index (χ2v) is 6.78. The number of fused-ring (bicyclic) bond motifs is 3. The Bertz CT molecular complexity index is 1030. The molecule has 0 bridgehead atoms. The second kappa shape index (κ2) is 8.37. The molecule has 0 fully saturated rings. The highest BCUT2D eigenvalue weighted by Crippen LogP contribution is 2.44. The zero-order valence-corrected chi connectivity index (χ0v) is 17.3. The van der Waals surface area contributed by atoms with Crippen LogP contribution in [0.2, 0.25) is 0 Å². The number of hydrogen-bond acceptors (Lipinski definition) is 6. The number of ether oxygens (including phenoxy) is 4. The summed E-state index contributed by atoms with van der Waals surface area (Å²) in [7, 11) is 4.17. The Kier molecular flexibility index (Phi) is 6.01. The molecule has 0 N–H and O–H groups in total. The monoisotopic (exact) mass is 439 g/mol. The minimum atomic E-state index is -5.04. The van der Waals surface area contributed by atoms with Gasteiger partial charge in [-0.25, -0.2) is 0 Å². The van der Waals surface area contributed by atoms with Gasteiger partial charge in [0.15, 0.2) is 23.0 Å². The number of rotatable bonds is 4. The van der Waals surface area contributed by atoms with E-state index in [0.29, 0.717) is 38.7 Å². The van der Waals surface area contributed by atoms with Crippen molar-refractivity contribution in [2.45, 2.75) is 26.2 Å². The third kappa shape index (κ3) is 4.37. The Morgan fingerprint density at radius 3 is 1.65 bits per heavy atom. The molecule has 0 aliphatic carbocycles. The smallest absolute Gasteiger partial charge is 0.471 e. The first kappa shape index (κ1) is 22.3. The maximum Gasteiger partial charge on any atom is 0.471 e. The molecule has 7 nitrogen and oxygen atoms in total. The van der Waals surface area contributed by atoms with Gasteiger partial charge in [-0.2, -0.15) is 13.2 Å². The minimum absolute atomic E-state index is 0.102. The number of benzene rings is 2. The van der Waals surface area contributed by atoms with Crippen molar-refractivity contribution in [3.63, 3.8) is 0 Å². The molecule has 1 aliphatic heterocycles. The first-order valence-corrected chi connectivity index (χ1v) is 9.09. The van der Waals surface area contributed by atoms with Gasteiger partial charge in [0, 0.05) is 20.0 Å². The lowest BCUT2D eigenvalue weighted by Gasteiger charge is -2.23. The second-order valence-electron chi connectivity index (χ2n) is 6.78. The molecule has 2 aromatic carbocycles. The van der Waals surface area contributed by atoms with E-state index in [1.807, 2.05) is 0 Å². The van der Waals surface area contributed by atoms with Crippen LogP contribution < -0.4 is 18.9 Å². The summed E-state index contributed by atoms with van der Waals surface area (Å²) < 4.78 is 60.7. The Balaban J connectivity index is 2.28. The van der Waals surface area contributed by atoms with Crippen LogP contribution in [0.15, 0.2) is 24.3 Å². The molecule has 3 rings (SSSR count). The number of esters is 1. The number of hydrogen-bond donors (Lipinski definition) is 0. The molecule has 0 aromatic heterocycles. The van der Waals surface area contributed by atoms with E-state index in [-0.39, 0.29) is 24.6 Å². The van der Waals surface area contributed by atoms with E-state index in [2.05, 4.69) is 0 Å². The summed E-state index contributed by atoms with van der Waals surface area (Å²) >= 11 is 0. The lowest BCUT2D eigenvalue weighted by atomic mass is 9.95. The van der Waals surface area contributed by atoms with Crippen LogP contribution in [-0.2, 0) is 22.7 Å². The summed E-state index contributed by atoms with van der Waals surface area (Å²) in [5.41, 5.74) is 1.79. The normalized spacial score (nSPS) is 12.9. The van der Waals surface area contributed by atoms with Gasteiger partial charge in [0.25, 0.3) is 0 Å². The van der Waals surface area contributed by atoms with Gasteiger partial charge < -0.3 is 23.8 Å². The van der Waals surface area contributed by atoms with Crippen molar-refractivity contribution in [3.05, 3.63) is 35.4 Å². The van der Waals surface area contributed by atoms with Gasteiger partial charge in [0.2, 0.25) is 0 Å². The standard InChI is InChI=1S/C21H20F3NO6/c1-11(26)31-19-8-15-13(6-17(19)29-3)10-25(20(27)21(22,23)24)9-12-5-16(28-2)18(30-4)7-14(12)15/h5-8H,9-10H2,1-4H3. The lowest BCUT2D eigenvalue weighted by Crippen LogP contribution is -2.39. The predicted octanol–water partition coefficient (Wildman–Crippen LogP) is 3.71. The van der Waals surface area contributed by atoms with E-state index in [0.717, 1.165) is 0 Å². The summed E-state index contributed by atoms with van der Waals surface area (Å²) in [5.74, 6) is -1.65. The number of nitrogens with zero attached hydrogens (tertiary/aromatic N) is 1. The molecule has 0 atom stereocenters. The highest BCUT2D eigenvalue weighted by molar-refractivity contribution is 5.85. The summed E-state index contributed by atoms with van der Waals surface area (Å²) in [6.45, 7) is 0.578. The van der Waals surface area contributed by atoms with Crippen molar-refractivity contribution in [1.29, 1.82) is 0 Å². The van der Waals surface area contributed by atoms with Crippen molar-refractivity contribution >= 4 is 11.9 Å². The molecule has 0 unspecified atom stereocenters. The van der Waals surface area contributed by atoms with E-state index in [9.17, 15) is 22.8 Å². The summed E-state index contributed by atoms with van der Waals surface area (Å²) in [6.07, 6.45) is -5.04. The van der Waals surface area contributed by atoms with E-state index in [1.165, 1.54) is 46.5 Å². The summed E-state index contributed by atoms with van der Waals surface area (Å²) in [6, 6.07) is 6.09. The number of halogens is 3. The van der Waals surface area contributed by atoms with Crippen LogP contribution in [0.4, 0.5) is 13.2 Å². The van der Waals surface area contributed by atoms with Crippen LogP contribution in [0, 0.1) is 0 Å². The van der Waals surface area contributed by atoms with Crippen LogP contribution in [-0.4, -0.2) is 44.3 Å². The van der Waals surface area contributed by atoms with E-state index in [1.54, 1.807) is 6.07 Å². The van der Waals surface area contributed by atoms with Crippen molar-refractivity contribution in [1.82, 2.24) is 4.90 Å². The van der Waals surface area contributed by atoms with Gasteiger partial charge in [-0.15, -0.1) is 0 Å². The number of amides is 1. The van der Waals surface area contributed by atoms with Crippen molar-refractivity contribution < 1.29 is 41.7 Å². The van der Waals surface area contributed by atoms with Gasteiger partial charge in [0.05, 0.1) is 21.3 Å². The zero-order valence-electron chi connectivity index (χ0n) is 17.3. The van der Waals surface area contributed by atoms with Crippen molar-refractivity contribution in [2.75, 3.05) is 21.3 Å². The molecular formula is C21H20F3NO6. The van der Waals surface area contributed by atoms with E-state index < -0.39 is 18.1 Å². The van der Waals surface area contributed by atoms with Crippen LogP contribution in [0.5, 0.6) is 23.0 Å². The Morgan fingerprint density at radius 2 is 1.23 bits per heavy atom. The molecule has 0 radical (unpaired) electrons. The van der Waals surface area contributed by atoms with Crippen LogP contribution in [0.1, 0.15) is 18.1 Å². The molecule has 1 aliphatic rings. The number of alkyl halides is 3. The van der Waals surface area contributed by atoms with E-state index >= 15 is 0 Å². The number of methoxy groups -OCH3 is 3. The van der Waals surface area contributed by atoms with Gasteiger partial charge in [-0.05, 0) is 46.5 Å². The average Bonchev–Trinajstić information content (AvgIpc) is 2.86. The minimum Gasteiger partial charge on any atom is -0.493 e. The largest absolute Gasteiger partial charge is 0.493 e. The maximum absolute atomic E-state index is 13.2. The highest BCUT2D eigenvalue weighted by atomic mass is 19.4. The van der Waals surface area contributed by atoms with Crippen LogP contribution >= 0.6 is 0 Å². The Hall–Kier alpha value is -3.43. The van der Waals surface area contributed by atoms with Gasteiger partial charge >= 0.3 is 18.1 Å². The summed E-state index contributed by atoms with van der Waals surface area (Å²) in [4.78, 5) is 24.3. The third-order valence-electron chi connectivity index (χ3n) is 4.79. The Labute approximate surface area is 176 Å². The molecule has 166 valence electrons. The van der Waals surface area contributed by atoms with Crippen molar-refractivity contribution in [3.8, 4) is 34.1 Å². The molecule has 0 saturated carbocycles. The predicted molar refractivity (Wildman–Crippen MR) is 103 cm³/mol. The lowest BCUT2D eigenvalue weighted by molar-refractivity contribution is -0.186. The first-order chi connectivity index (χ1) is 14.6. The average molecular weight is 439 g/mol. The third-order valence-corrected chi connectivity index (χ3v) is 4.79. The fraction of sp³-hybridized carbons (Fsp3) is 0.333. The first-order valence-electron chi connectivity index (χ1n) is 9.09. The molecule has 0 spiro atoms. The maximum atomic E-state index is 13.2. The summed E-state index contributed by atoms with van der Waals surface area (Å²) in [5, 5.41) is 0. The SMILES string of the molecule is COc1cc2c(cc1OC)-c1cc(OC(C)=O)c(OC)cc1CN(C(=O)C(F)(F)F)C2. The molecule has 1 heterocycles. The zero-order chi connectivity index (χ0) is 22.9. The molecule has 2 aromatic rings. The topological polar surface area (TPSA) is 74.3 Å². The fourth-order valence-electron chi connectivity index (χ4n) is 3.47. The number of carbonyl (C=O) groups excluding carboxylic acids is 2. The fourth-order valence-corrected chi connectivity index (χ4v) is 3.47. The number of carbonyl (C=O) groups is 2. The molecule has 0 saturated heterocycles.